The summed E-state index contributed by atoms with van der Waals surface area (Å²) in [4.78, 5) is 11.2. The number of sulfone groups is 1. The summed E-state index contributed by atoms with van der Waals surface area (Å²) in [6.07, 6.45) is 2.06. The highest BCUT2D eigenvalue weighted by molar-refractivity contribution is 7.90. The first-order valence-electron chi connectivity index (χ1n) is 13.8. The molecule has 0 amide bonds. The molecule has 0 spiro atoms. The molecule has 0 saturated heterocycles. The maximum absolute atomic E-state index is 15.3. The van der Waals surface area contributed by atoms with Crippen molar-refractivity contribution >= 4 is 15.8 Å². The van der Waals surface area contributed by atoms with Crippen molar-refractivity contribution in [3.63, 3.8) is 0 Å². The molecule has 3 atom stereocenters. The fraction of sp³-hybridized carbons (Fsp3) is 0.406. The third-order valence-electron chi connectivity index (χ3n) is 7.74. The number of rotatable bonds is 10. The number of hydrogen-bond acceptors (Lipinski definition) is 6. The lowest BCUT2D eigenvalue weighted by atomic mass is 9.90. The second-order valence-corrected chi connectivity index (χ2v) is 13.6. The normalized spacial score (nSPS) is 18.4. The second-order valence-electron chi connectivity index (χ2n) is 11.4. The van der Waals surface area contributed by atoms with Gasteiger partial charge in [-0.05, 0) is 78.8 Å². The summed E-state index contributed by atoms with van der Waals surface area (Å²) in [5, 5.41) is 9.15. The van der Waals surface area contributed by atoms with Gasteiger partial charge in [-0.25, -0.2) is 12.8 Å². The van der Waals surface area contributed by atoms with Crippen LogP contribution in [0.4, 0.5) is 4.39 Å². The Bertz CT molecular complexity index is 1570. The molecule has 5 rings (SSSR count). The third kappa shape index (κ3) is 6.35. The van der Waals surface area contributed by atoms with Crippen LogP contribution in [0.3, 0.4) is 0 Å². The van der Waals surface area contributed by atoms with Crippen LogP contribution < -0.4 is 14.2 Å². The summed E-state index contributed by atoms with van der Waals surface area (Å²) in [7, 11) is -3.08. The van der Waals surface area contributed by atoms with Gasteiger partial charge in [0.15, 0.2) is 0 Å². The Morgan fingerprint density at radius 3 is 2.54 bits per heavy atom. The van der Waals surface area contributed by atoms with E-state index in [1.165, 1.54) is 12.3 Å². The molecule has 3 aromatic carbocycles. The van der Waals surface area contributed by atoms with Gasteiger partial charge in [0, 0.05) is 35.3 Å². The highest BCUT2D eigenvalue weighted by atomic mass is 32.2. The molecule has 0 saturated carbocycles. The van der Waals surface area contributed by atoms with Gasteiger partial charge in [0.1, 0.15) is 39.0 Å². The van der Waals surface area contributed by atoms with Crippen LogP contribution in [0.5, 0.6) is 17.2 Å². The Kier molecular flexibility index (Phi) is 8.01. The summed E-state index contributed by atoms with van der Waals surface area (Å²) in [6, 6.07) is 12.6. The number of benzene rings is 3. The first kappa shape index (κ1) is 28.9. The monoisotopic (exact) mass is 582 g/mol. The van der Waals surface area contributed by atoms with Crippen molar-refractivity contribution in [1.82, 2.24) is 0 Å². The molecular weight excluding hydrogens is 547 g/mol. The van der Waals surface area contributed by atoms with Crippen LogP contribution in [-0.2, 0) is 21.1 Å². The van der Waals surface area contributed by atoms with Gasteiger partial charge in [-0.15, -0.1) is 0 Å². The Morgan fingerprint density at radius 2 is 1.85 bits per heavy atom. The number of aliphatic carboxylic acids is 1. The molecule has 1 aliphatic heterocycles. The summed E-state index contributed by atoms with van der Waals surface area (Å²) >= 11 is 0. The van der Waals surface area contributed by atoms with Crippen molar-refractivity contribution < 1.29 is 36.9 Å². The first-order chi connectivity index (χ1) is 19.4. The predicted molar refractivity (Wildman–Crippen MR) is 154 cm³/mol. The summed E-state index contributed by atoms with van der Waals surface area (Å²) in [6.45, 7) is 6.45. The smallest absolute Gasteiger partial charge is 0.304 e. The van der Waals surface area contributed by atoms with E-state index in [1.54, 1.807) is 12.1 Å². The highest BCUT2D eigenvalue weighted by Gasteiger charge is 2.32. The molecule has 0 fully saturated rings. The SMILES string of the molecule is Cc1cc(OCC(C)CS(C)(=O)=O)cc(C)c1-c1ccc(F)c2c1CCC2Oc1ccc2c(c1)OCC2CC(=O)O. The zero-order valence-corrected chi connectivity index (χ0v) is 24.5. The molecular formula is C32H35FO7S. The molecule has 1 N–H and O–H groups in total. The molecule has 0 bridgehead atoms. The number of carboxylic acid groups (broad SMARTS) is 1. The van der Waals surface area contributed by atoms with Crippen LogP contribution in [0.1, 0.15) is 59.6 Å². The van der Waals surface area contributed by atoms with Crippen molar-refractivity contribution in [2.75, 3.05) is 25.2 Å². The number of ether oxygens (including phenoxy) is 3. The van der Waals surface area contributed by atoms with E-state index in [2.05, 4.69) is 0 Å². The van der Waals surface area contributed by atoms with Gasteiger partial charge < -0.3 is 19.3 Å². The average Bonchev–Trinajstić information content (AvgIpc) is 3.47. The summed E-state index contributed by atoms with van der Waals surface area (Å²) in [5.41, 5.74) is 6.30. The van der Waals surface area contributed by atoms with Crippen LogP contribution >= 0.6 is 0 Å². The van der Waals surface area contributed by atoms with E-state index in [0.29, 0.717) is 48.9 Å². The zero-order valence-electron chi connectivity index (χ0n) is 23.7. The second kappa shape index (κ2) is 11.4. The maximum atomic E-state index is 15.3. The highest BCUT2D eigenvalue weighted by Crippen LogP contribution is 2.45. The van der Waals surface area contributed by atoms with Crippen molar-refractivity contribution in [2.45, 2.75) is 52.1 Å². The number of halogens is 1. The fourth-order valence-electron chi connectivity index (χ4n) is 6.14. The van der Waals surface area contributed by atoms with E-state index in [1.807, 2.05) is 45.0 Å². The van der Waals surface area contributed by atoms with Gasteiger partial charge in [0.2, 0.25) is 0 Å². The first-order valence-corrected chi connectivity index (χ1v) is 15.8. The van der Waals surface area contributed by atoms with E-state index < -0.39 is 21.9 Å². The van der Waals surface area contributed by atoms with Crippen molar-refractivity contribution in [1.29, 1.82) is 0 Å². The molecule has 7 nitrogen and oxygen atoms in total. The molecule has 2 aliphatic rings. The lowest BCUT2D eigenvalue weighted by Gasteiger charge is -2.19. The molecule has 3 unspecified atom stereocenters. The molecule has 1 aliphatic carbocycles. The van der Waals surface area contributed by atoms with E-state index in [-0.39, 0.29) is 29.8 Å². The number of fused-ring (bicyclic) bond motifs is 2. The van der Waals surface area contributed by atoms with E-state index in [9.17, 15) is 13.2 Å². The van der Waals surface area contributed by atoms with Gasteiger partial charge in [0.05, 0.1) is 25.4 Å². The van der Waals surface area contributed by atoms with E-state index in [0.717, 1.165) is 33.4 Å². The summed E-state index contributed by atoms with van der Waals surface area (Å²) < 4.78 is 56.4. The van der Waals surface area contributed by atoms with Gasteiger partial charge in [-0.2, -0.15) is 0 Å². The minimum absolute atomic E-state index is 0.00539. The standard InChI is InChI=1S/C32H35FO7S/c1-18(17-41(4,36)37)15-38-23-11-19(2)31(20(3)12-23)25-7-9-27(33)32-26(25)8-10-28(32)40-22-5-6-24-21(13-30(34)35)16-39-29(24)14-22/h5-7,9,11-12,14,18,21,28H,8,10,13,15-17H2,1-4H3,(H,34,35). The molecule has 3 aromatic rings. The minimum Gasteiger partial charge on any atom is -0.493 e. The van der Waals surface area contributed by atoms with Crippen LogP contribution in [0.2, 0.25) is 0 Å². The van der Waals surface area contributed by atoms with E-state index >= 15 is 4.39 Å². The van der Waals surface area contributed by atoms with Gasteiger partial charge in [-0.1, -0.05) is 19.1 Å². The average molecular weight is 583 g/mol. The minimum atomic E-state index is -3.08. The van der Waals surface area contributed by atoms with Crippen LogP contribution in [0.15, 0.2) is 42.5 Å². The lowest BCUT2D eigenvalue weighted by molar-refractivity contribution is -0.137. The van der Waals surface area contributed by atoms with Crippen molar-refractivity contribution in [2.24, 2.45) is 5.92 Å². The van der Waals surface area contributed by atoms with Crippen molar-refractivity contribution in [3.05, 3.63) is 76.1 Å². The van der Waals surface area contributed by atoms with E-state index in [4.69, 9.17) is 19.3 Å². The van der Waals surface area contributed by atoms with Gasteiger partial charge >= 0.3 is 5.97 Å². The molecule has 1 heterocycles. The maximum Gasteiger partial charge on any atom is 0.304 e. The van der Waals surface area contributed by atoms with Gasteiger partial charge in [0.25, 0.3) is 0 Å². The lowest BCUT2D eigenvalue weighted by Crippen LogP contribution is -2.18. The molecule has 218 valence electrons. The summed E-state index contributed by atoms with van der Waals surface area (Å²) in [5.74, 6) is 0.412. The number of aryl methyl sites for hydroxylation is 2. The number of carboxylic acids is 1. The van der Waals surface area contributed by atoms with Crippen LogP contribution in [-0.4, -0.2) is 44.7 Å². The molecule has 41 heavy (non-hydrogen) atoms. The van der Waals surface area contributed by atoms with Gasteiger partial charge in [-0.3, -0.25) is 4.79 Å². The fourth-order valence-corrected chi connectivity index (χ4v) is 7.27. The number of hydrogen-bond donors (Lipinski definition) is 1. The quantitative estimate of drug-likeness (QED) is 0.305. The zero-order chi connectivity index (χ0) is 29.5. The Morgan fingerprint density at radius 1 is 1.12 bits per heavy atom. The largest absolute Gasteiger partial charge is 0.493 e. The third-order valence-corrected chi connectivity index (χ3v) is 8.92. The molecule has 9 heteroatoms. The van der Waals surface area contributed by atoms with Crippen molar-refractivity contribution in [3.8, 4) is 28.4 Å². The Balaban J connectivity index is 1.37. The van der Waals surface area contributed by atoms with Crippen LogP contribution in [0, 0.1) is 25.6 Å². The van der Waals surface area contributed by atoms with Crippen LogP contribution in [0.25, 0.3) is 11.1 Å². The molecule has 0 radical (unpaired) electrons. The Labute approximate surface area is 240 Å². The Hall–Kier alpha value is -3.59. The molecule has 0 aromatic heterocycles. The predicted octanol–water partition coefficient (Wildman–Crippen LogP) is 6.19. The number of carbonyl (C=O) groups is 1. The topological polar surface area (TPSA) is 99.1 Å².